The Morgan fingerprint density at radius 1 is 1.40 bits per heavy atom. The Bertz CT molecular complexity index is 598. The first-order chi connectivity index (χ1) is 9.24. The molecule has 4 nitrogen and oxygen atoms in total. The lowest BCUT2D eigenvalue weighted by atomic mass is 10.0. The van der Waals surface area contributed by atoms with Gasteiger partial charge in [-0.1, -0.05) is 6.07 Å². The highest BCUT2D eigenvalue weighted by Crippen LogP contribution is 2.35. The molecule has 0 saturated heterocycles. The van der Waals surface area contributed by atoms with Crippen molar-refractivity contribution in [1.82, 2.24) is 4.72 Å². The molecule has 1 atom stereocenters. The van der Waals surface area contributed by atoms with Crippen molar-refractivity contribution >= 4 is 10.0 Å². The number of hydrogen-bond acceptors (Lipinski definition) is 3. The number of hydrogen-bond donors (Lipinski definition) is 1. The molecule has 0 bridgehead atoms. The second-order valence-corrected chi connectivity index (χ2v) is 6.36. The number of nitrogens with one attached hydrogen (secondary N) is 1. The van der Waals surface area contributed by atoms with Crippen LogP contribution in [0.1, 0.15) is 23.5 Å². The van der Waals surface area contributed by atoms with E-state index in [1.807, 2.05) is 6.07 Å². The van der Waals surface area contributed by atoms with Crippen molar-refractivity contribution in [3.8, 4) is 5.75 Å². The highest BCUT2D eigenvalue weighted by Gasteiger charge is 2.45. The number of methoxy groups -OCH3 is 1. The first-order valence-electron chi connectivity index (χ1n) is 5.97. The van der Waals surface area contributed by atoms with E-state index < -0.39 is 15.5 Å². The van der Waals surface area contributed by atoms with Crippen molar-refractivity contribution in [3.63, 3.8) is 0 Å². The van der Waals surface area contributed by atoms with Gasteiger partial charge in [-0.05, 0) is 42.0 Å². The van der Waals surface area contributed by atoms with Gasteiger partial charge < -0.3 is 4.74 Å². The van der Waals surface area contributed by atoms with Crippen molar-refractivity contribution in [3.05, 3.63) is 29.3 Å². The van der Waals surface area contributed by atoms with E-state index in [0.29, 0.717) is 18.6 Å². The predicted octanol–water partition coefficient (Wildman–Crippen LogP) is 2.16. The summed E-state index contributed by atoms with van der Waals surface area (Å²) in [6, 6.07) is 5.32. The number of aryl methyl sites for hydroxylation is 1. The number of fused-ring (bicyclic) bond motifs is 1. The summed E-state index contributed by atoms with van der Waals surface area (Å²) < 4.78 is 65.3. The zero-order valence-corrected chi connectivity index (χ0v) is 11.5. The molecular formula is C12H14F3NO3S. The summed E-state index contributed by atoms with van der Waals surface area (Å²) in [4.78, 5) is 0. The van der Waals surface area contributed by atoms with Crippen molar-refractivity contribution in [1.29, 1.82) is 0 Å². The summed E-state index contributed by atoms with van der Waals surface area (Å²) in [5.41, 5.74) is -3.41. The van der Waals surface area contributed by atoms with Gasteiger partial charge in [-0.25, -0.2) is 13.1 Å². The normalized spacial score (nSPS) is 18.9. The molecule has 0 heterocycles. The minimum Gasteiger partial charge on any atom is -0.497 e. The maximum Gasteiger partial charge on any atom is 0.511 e. The third-order valence-corrected chi connectivity index (χ3v) is 4.53. The van der Waals surface area contributed by atoms with Gasteiger partial charge in [0.2, 0.25) is 0 Å². The van der Waals surface area contributed by atoms with Crippen LogP contribution in [0.15, 0.2) is 18.2 Å². The van der Waals surface area contributed by atoms with Crippen LogP contribution in [-0.4, -0.2) is 27.6 Å². The van der Waals surface area contributed by atoms with Gasteiger partial charge in [0.05, 0.1) is 7.11 Å². The minimum atomic E-state index is -5.28. The Balaban J connectivity index is 2.09. The van der Waals surface area contributed by atoms with Crippen LogP contribution >= 0.6 is 0 Å². The lowest BCUT2D eigenvalue weighted by molar-refractivity contribution is -0.0448. The zero-order chi connectivity index (χ0) is 15.0. The van der Waals surface area contributed by atoms with Crippen LogP contribution < -0.4 is 9.46 Å². The maximum absolute atomic E-state index is 12.2. The molecule has 1 aromatic carbocycles. The summed E-state index contributed by atoms with van der Waals surface area (Å²) in [5.74, 6) is 0.438. The SMILES string of the molecule is COc1ccc2c(c1)CC[C@H]2CNS(=O)(=O)C(F)(F)F. The van der Waals surface area contributed by atoms with E-state index in [0.717, 1.165) is 11.1 Å². The number of halogens is 3. The fourth-order valence-electron chi connectivity index (χ4n) is 2.31. The van der Waals surface area contributed by atoms with Gasteiger partial charge in [0, 0.05) is 6.54 Å². The van der Waals surface area contributed by atoms with Gasteiger partial charge in [0.15, 0.2) is 0 Å². The highest BCUT2D eigenvalue weighted by molar-refractivity contribution is 7.90. The summed E-state index contributed by atoms with van der Waals surface area (Å²) in [7, 11) is -3.74. The zero-order valence-electron chi connectivity index (χ0n) is 10.7. The lowest BCUT2D eigenvalue weighted by Gasteiger charge is -2.14. The van der Waals surface area contributed by atoms with Crippen LogP contribution in [0.5, 0.6) is 5.75 Å². The Morgan fingerprint density at radius 3 is 2.70 bits per heavy atom. The molecule has 0 aliphatic heterocycles. The monoisotopic (exact) mass is 309 g/mol. The van der Waals surface area contributed by atoms with Gasteiger partial charge in [0.25, 0.3) is 0 Å². The van der Waals surface area contributed by atoms with Crippen molar-refractivity contribution in [2.45, 2.75) is 24.3 Å². The molecule has 1 aliphatic rings. The molecule has 0 unspecified atom stereocenters. The standard InChI is InChI=1S/C12H14F3NO3S/c1-19-10-4-5-11-8(6-10)2-3-9(11)7-16-20(17,18)12(13,14)15/h4-6,9,16H,2-3,7H2,1H3/t9-/m0/s1. The fraction of sp³-hybridized carbons (Fsp3) is 0.500. The summed E-state index contributed by atoms with van der Waals surface area (Å²) in [6.45, 7) is -0.249. The molecule has 0 spiro atoms. The fourth-order valence-corrected chi connectivity index (χ4v) is 2.90. The molecule has 8 heteroatoms. The molecule has 2 rings (SSSR count). The van der Waals surface area contributed by atoms with Gasteiger partial charge in [-0.2, -0.15) is 13.2 Å². The Kier molecular flexibility index (Phi) is 3.97. The number of benzene rings is 1. The van der Waals surface area contributed by atoms with Gasteiger partial charge in [-0.3, -0.25) is 0 Å². The highest BCUT2D eigenvalue weighted by atomic mass is 32.2. The Hall–Kier alpha value is -1.28. The molecule has 0 saturated carbocycles. The minimum absolute atomic E-state index is 0.243. The third kappa shape index (κ3) is 2.90. The molecule has 0 aromatic heterocycles. The Labute approximate surface area is 115 Å². The lowest BCUT2D eigenvalue weighted by Crippen LogP contribution is -2.38. The van der Waals surface area contributed by atoms with E-state index in [1.165, 1.54) is 7.11 Å². The second kappa shape index (κ2) is 5.25. The van der Waals surface area contributed by atoms with Crippen LogP contribution in [0.3, 0.4) is 0 Å². The van der Waals surface area contributed by atoms with E-state index in [1.54, 1.807) is 16.9 Å². The first-order valence-corrected chi connectivity index (χ1v) is 7.45. The number of rotatable bonds is 4. The van der Waals surface area contributed by atoms with Crippen molar-refractivity contribution in [2.24, 2.45) is 0 Å². The molecule has 1 N–H and O–H groups in total. The number of sulfonamides is 1. The van der Waals surface area contributed by atoms with Gasteiger partial charge >= 0.3 is 15.5 Å². The third-order valence-electron chi connectivity index (χ3n) is 3.38. The molecule has 0 fully saturated rings. The summed E-state index contributed by atoms with van der Waals surface area (Å²) in [6.07, 6.45) is 1.31. The molecule has 20 heavy (non-hydrogen) atoms. The molecular weight excluding hydrogens is 295 g/mol. The second-order valence-electron chi connectivity index (χ2n) is 4.60. The van der Waals surface area contributed by atoms with Crippen LogP contribution in [-0.2, 0) is 16.4 Å². The van der Waals surface area contributed by atoms with Crippen LogP contribution in [0.4, 0.5) is 13.2 Å². The first kappa shape index (κ1) is 15.1. The van der Waals surface area contributed by atoms with E-state index in [2.05, 4.69) is 0 Å². The maximum atomic E-state index is 12.2. The topological polar surface area (TPSA) is 55.4 Å². The smallest absolute Gasteiger partial charge is 0.497 e. The van der Waals surface area contributed by atoms with Crippen LogP contribution in [0.25, 0.3) is 0 Å². The van der Waals surface area contributed by atoms with Crippen LogP contribution in [0, 0.1) is 0 Å². The van der Waals surface area contributed by atoms with Crippen LogP contribution in [0.2, 0.25) is 0 Å². The van der Waals surface area contributed by atoms with Gasteiger partial charge in [-0.15, -0.1) is 0 Å². The van der Waals surface area contributed by atoms with E-state index in [-0.39, 0.29) is 12.5 Å². The average Bonchev–Trinajstić information content (AvgIpc) is 2.77. The summed E-state index contributed by atoms with van der Waals surface area (Å²) in [5, 5.41) is 0. The predicted molar refractivity (Wildman–Crippen MR) is 67.0 cm³/mol. The van der Waals surface area contributed by atoms with E-state index in [9.17, 15) is 21.6 Å². The van der Waals surface area contributed by atoms with E-state index >= 15 is 0 Å². The molecule has 0 radical (unpaired) electrons. The largest absolute Gasteiger partial charge is 0.511 e. The quantitative estimate of drug-likeness (QED) is 0.927. The molecule has 112 valence electrons. The Morgan fingerprint density at radius 2 is 2.10 bits per heavy atom. The summed E-state index contributed by atoms with van der Waals surface area (Å²) >= 11 is 0. The molecule has 1 aromatic rings. The number of ether oxygens (including phenoxy) is 1. The molecule has 0 amide bonds. The van der Waals surface area contributed by atoms with E-state index in [4.69, 9.17) is 4.74 Å². The number of alkyl halides is 3. The average molecular weight is 309 g/mol. The van der Waals surface area contributed by atoms with Crippen molar-refractivity contribution < 1.29 is 26.3 Å². The van der Waals surface area contributed by atoms with Gasteiger partial charge in [0.1, 0.15) is 5.75 Å². The molecule has 1 aliphatic carbocycles. The van der Waals surface area contributed by atoms with Crippen molar-refractivity contribution in [2.75, 3.05) is 13.7 Å².